The Morgan fingerprint density at radius 3 is 2.27 bits per heavy atom. The number of ether oxygens (including phenoxy) is 2. The summed E-state index contributed by atoms with van der Waals surface area (Å²) in [5.74, 6) is 0.662. The molecule has 22 heavy (non-hydrogen) atoms. The number of amides is 1. The predicted octanol–water partition coefficient (Wildman–Crippen LogP) is 4.60. The summed E-state index contributed by atoms with van der Waals surface area (Å²) >= 11 is 3.55. The summed E-state index contributed by atoms with van der Waals surface area (Å²) in [5, 5.41) is 0.691. The molecule has 130 valence electrons. The van der Waals surface area contributed by atoms with E-state index in [0.29, 0.717) is 24.3 Å². The van der Waals surface area contributed by atoms with Crippen molar-refractivity contribution in [2.75, 3.05) is 18.4 Å². The molecular weight excluding hydrogens is 346 g/mol. The van der Waals surface area contributed by atoms with Gasteiger partial charge in [-0.25, -0.2) is 4.79 Å². The van der Waals surface area contributed by atoms with Crippen molar-refractivity contribution in [3.63, 3.8) is 0 Å². The zero-order valence-corrected chi connectivity index (χ0v) is 16.5. The van der Waals surface area contributed by atoms with E-state index in [-0.39, 0.29) is 12.2 Å². The first-order chi connectivity index (χ1) is 10.1. The Bertz CT molecular complexity index is 365. The number of hydrogen-bond acceptors (Lipinski definition) is 3. The molecule has 0 N–H and O–H groups in total. The highest BCUT2D eigenvalue weighted by molar-refractivity contribution is 9.09. The quantitative estimate of drug-likeness (QED) is 0.608. The van der Waals surface area contributed by atoms with Gasteiger partial charge in [0.1, 0.15) is 5.60 Å². The van der Waals surface area contributed by atoms with Crippen LogP contribution in [0, 0.1) is 5.92 Å². The van der Waals surface area contributed by atoms with Gasteiger partial charge in [-0.3, -0.25) is 0 Å². The molecular formula is C17H32BrNO3. The third kappa shape index (κ3) is 6.07. The SMILES string of the molecule is CCN(CC(C)(CBr)OC(C)C1CCC1)C(=O)OC(C)(C)C. The van der Waals surface area contributed by atoms with Gasteiger partial charge in [-0.15, -0.1) is 0 Å². The van der Waals surface area contributed by atoms with Crippen molar-refractivity contribution in [1.29, 1.82) is 0 Å². The van der Waals surface area contributed by atoms with Crippen molar-refractivity contribution in [3.05, 3.63) is 0 Å². The normalized spacial score (nSPS) is 20.0. The van der Waals surface area contributed by atoms with E-state index in [9.17, 15) is 4.79 Å². The fourth-order valence-corrected chi connectivity index (χ4v) is 2.91. The molecule has 1 aliphatic rings. The average Bonchev–Trinajstić information content (AvgIpc) is 2.31. The Hall–Kier alpha value is -0.290. The summed E-state index contributed by atoms with van der Waals surface area (Å²) < 4.78 is 11.8. The molecule has 5 heteroatoms. The summed E-state index contributed by atoms with van der Waals surface area (Å²) in [5.41, 5.74) is -0.878. The van der Waals surface area contributed by atoms with Crippen LogP contribution >= 0.6 is 15.9 Å². The van der Waals surface area contributed by atoms with Crippen molar-refractivity contribution in [2.24, 2.45) is 5.92 Å². The van der Waals surface area contributed by atoms with Gasteiger partial charge in [0.25, 0.3) is 0 Å². The van der Waals surface area contributed by atoms with E-state index in [1.807, 2.05) is 27.7 Å². The first kappa shape index (κ1) is 19.8. The van der Waals surface area contributed by atoms with Gasteiger partial charge in [0.2, 0.25) is 0 Å². The molecule has 0 spiro atoms. The second-order valence-corrected chi connectivity index (χ2v) is 8.15. The molecule has 0 aliphatic heterocycles. The van der Waals surface area contributed by atoms with Crippen molar-refractivity contribution in [3.8, 4) is 0 Å². The van der Waals surface area contributed by atoms with Gasteiger partial charge in [-0.2, -0.15) is 0 Å². The van der Waals surface area contributed by atoms with Crippen LogP contribution in [-0.2, 0) is 9.47 Å². The van der Waals surface area contributed by atoms with Crippen LogP contribution in [0.15, 0.2) is 0 Å². The van der Waals surface area contributed by atoms with E-state index < -0.39 is 11.2 Å². The second-order valence-electron chi connectivity index (χ2n) is 7.59. The maximum atomic E-state index is 12.3. The summed E-state index contributed by atoms with van der Waals surface area (Å²) in [7, 11) is 0. The Morgan fingerprint density at radius 2 is 1.91 bits per heavy atom. The minimum absolute atomic E-state index is 0.230. The molecule has 1 rings (SSSR count). The molecule has 2 unspecified atom stereocenters. The van der Waals surface area contributed by atoms with E-state index >= 15 is 0 Å². The number of carbonyl (C=O) groups excluding carboxylic acids is 1. The van der Waals surface area contributed by atoms with Gasteiger partial charge >= 0.3 is 6.09 Å². The lowest BCUT2D eigenvalue weighted by atomic mass is 9.81. The van der Waals surface area contributed by atoms with E-state index in [4.69, 9.17) is 9.47 Å². The molecule has 1 amide bonds. The summed E-state index contributed by atoms with van der Waals surface area (Å²) in [6.07, 6.45) is 3.77. The minimum atomic E-state index is -0.477. The molecule has 1 aliphatic carbocycles. The standard InChI is InChI=1S/C17H32BrNO3/c1-7-19(15(20)22-16(3,4)5)12-17(6,11-18)21-13(2)14-9-8-10-14/h13-14H,7-12H2,1-6H3. The molecule has 0 aromatic carbocycles. The topological polar surface area (TPSA) is 38.8 Å². The monoisotopic (exact) mass is 377 g/mol. The maximum Gasteiger partial charge on any atom is 0.410 e. The lowest BCUT2D eigenvalue weighted by molar-refractivity contribution is -0.108. The van der Waals surface area contributed by atoms with Crippen LogP contribution in [0.4, 0.5) is 4.79 Å². The maximum absolute atomic E-state index is 12.3. The van der Waals surface area contributed by atoms with E-state index in [1.54, 1.807) is 4.90 Å². The van der Waals surface area contributed by atoms with Crippen molar-refractivity contribution < 1.29 is 14.3 Å². The van der Waals surface area contributed by atoms with Gasteiger partial charge in [-0.1, -0.05) is 22.4 Å². The number of halogens is 1. The molecule has 0 aromatic rings. The Balaban J connectivity index is 2.65. The van der Waals surface area contributed by atoms with Crippen LogP contribution in [0.5, 0.6) is 0 Å². The molecule has 1 saturated carbocycles. The fourth-order valence-electron chi connectivity index (χ4n) is 2.60. The fraction of sp³-hybridized carbons (Fsp3) is 0.941. The van der Waals surface area contributed by atoms with Gasteiger partial charge in [0.15, 0.2) is 0 Å². The Labute approximate surface area is 144 Å². The van der Waals surface area contributed by atoms with E-state index in [0.717, 1.165) is 0 Å². The van der Waals surface area contributed by atoms with E-state index in [1.165, 1.54) is 19.3 Å². The highest BCUT2D eigenvalue weighted by atomic mass is 79.9. The molecule has 4 nitrogen and oxygen atoms in total. The Morgan fingerprint density at radius 1 is 1.32 bits per heavy atom. The van der Waals surface area contributed by atoms with Crippen LogP contribution in [-0.4, -0.2) is 46.7 Å². The molecule has 1 fully saturated rings. The van der Waals surface area contributed by atoms with Gasteiger partial charge in [0.05, 0.1) is 18.2 Å². The van der Waals surface area contributed by atoms with Crippen LogP contribution in [0.1, 0.15) is 60.8 Å². The zero-order valence-electron chi connectivity index (χ0n) is 14.9. The number of nitrogens with zero attached hydrogens (tertiary/aromatic N) is 1. The van der Waals surface area contributed by atoms with Crippen LogP contribution < -0.4 is 0 Å². The highest BCUT2D eigenvalue weighted by Crippen LogP contribution is 2.33. The lowest BCUT2D eigenvalue weighted by Crippen LogP contribution is -2.50. The minimum Gasteiger partial charge on any atom is -0.444 e. The summed E-state index contributed by atoms with van der Waals surface area (Å²) in [6.45, 7) is 13.0. The molecule has 0 saturated heterocycles. The number of hydrogen-bond donors (Lipinski definition) is 0. The van der Waals surface area contributed by atoms with E-state index in [2.05, 4.69) is 29.8 Å². The highest BCUT2D eigenvalue weighted by Gasteiger charge is 2.35. The number of likely N-dealkylation sites (N-methyl/N-ethyl adjacent to an activating group) is 1. The predicted molar refractivity (Wildman–Crippen MR) is 93.6 cm³/mol. The summed E-state index contributed by atoms with van der Waals surface area (Å²) in [4.78, 5) is 14.0. The Kier molecular flexibility index (Phi) is 7.19. The number of rotatable bonds is 7. The average molecular weight is 378 g/mol. The molecule has 2 atom stereocenters. The van der Waals surface area contributed by atoms with Crippen molar-refractivity contribution in [1.82, 2.24) is 4.90 Å². The van der Waals surface area contributed by atoms with Crippen molar-refractivity contribution in [2.45, 2.75) is 78.1 Å². The molecule has 0 bridgehead atoms. The third-order valence-corrected chi connectivity index (χ3v) is 5.31. The first-order valence-electron chi connectivity index (χ1n) is 8.32. The van der Waals surface area contributed by atoms with Gasteiger partial charge in [0, 0.05) is 11.9 Å². The first-order valence-corrected chi connectivity index (χ1v) is 9.44. The smallest absolute Gasteiger partial charge is 0.410 e. The number of carbonyl (C=O) groups is 1. The summed E-state index contributed by atoms with van der Waals surface area (Å²) in [6, 6.07) is 0. The molecule has 0 radical (unpaired) electrons. The van der Waals surface area contributed by atoms with Crippen molar-refractivity contribution >= 4 is 22.0 Å². The number of alkyl halides is 1. The second kappa shape index (κ2) is 8.00. The largest absolute Gasteiger partial charge is 0.444 e. The van der Waals surface area contributed by atoms with Gasteiger partial charge in [-0.05, 0) is 60.3 Å². The van der Waals surface area contributed by atoms with Crippen LogP contribution in [0.25, 0.3) is 0 Å². The van der Waals surface area contributed by atoms with Crippen LogP contribution in [0.2, 0.25) is 0 Å². The molecule has 0 aromatic heterocycles. The lowest BCUT2D eigenvalue weighted by Gasteiger charge is -2.40. The zero-order chi connectivity index (χ0) is 17.0. The van der Waals surface area contributed by atoms with Gasteiger partial charge < -0.3 is 14.4 Å². The van der Waals surface area contributed by atoms with Crippen LogP contribution in [0.3, 0.4) is 0 Å². The third-order valence-electron chi connectivity index (χ3n) is 4.13. The molecule has 0 heterocycles.